The van der Waals surface area contributed by atoms with Gasteiger partial charge in [-0.25, -0.2) is 8.78 Å². The minimum Gasteiger partial charge on any atom is -0.346 e. The molecule has 4 nitrogen and oxygen atoms in total. The van der Waals surface area contributed by atoms with Crippen molar-refractivity contribution in [3.63, 3.8) is 0 Å². The zero-order valence-corrected chi connectivity index (χ0v) is 23.0. The summed E-state index contributed by atoms with van der Waals surface area (Å²) < 4.78 is 80.2. The van der Waals surface area contributed by atoms with E-state index in [9.17, 15) is 33.9 Å². The highest BCUT2D eigenvalue weighted by Gasteiger charge is 2.68. The van der Waals surface area contributed by atoms with E-state index in [1.807, 2.05) is 5.32 Å². The maximum Gasteiger partial charge on any atom is 0.262 e. The lowest BCUT2D eigenvalue weighted by Crippen LogP contribution is -2.34. The van der Waals surface area contributed by atoms with E-state index < -0.39 is 61.4 Å². The van der Waals surface area contributed by atoms with Crippen LogP contribution in [-0.4, -0.2) is 34.9 Å². The summed E-state index contributed by atoms with van der Waals surface area (Å²) in [4.78, 5) is 23.6. The number of hydrogen-bond donors (Lipinski definition) is 2. The molecule has 1 aliphatic carbocycles. The smallest absolute Gasteiger partial charge is 0.262 e. The predicted octanol–water partition coefficient (Wildman–Crippen LogP) is 8.42. The number of carbonyl (C=O) groups is 2. The van der Waals surface area contributed by atoms with E-state index in [0.717, 1.165) is 6.07 Å². The Morgan fingerprint density at radius 3 is 2.28 bits per heavy atom. The number of alkyl halides is 4. The number of halogens is 10. The molecule has 0 heterocycles. The first-order valence-corrected chi connectivity index (χ1v) is 14.3. The first kappa shape index (κ1) is 29.2. The van der Waals surface area contributed by atoms with Gasteiger partial charge in [0.2, 0.25) is 5.91 Å². The number of anilines is 1. The van der Waals surface area contributed by atoms with Gasteiger partial charge in [0.15, 0.2) is 9.84 Å². The van der Waals surface area contributed by atoms with Crippen LogP contribution in [0.25, 0.3) is 0 Å². The lowest BCUT2D eigenvalue weighted by atomic mass is 10.1. The lowest BCUT2D eigenvalue weighted by molar-refractivity contribution is -0.117. The summed E-state index contributed by atoms with van der Waals surface area (Å²) in [5.41, 5.74) is -0.292. The van der Waals surface area contributed by atoms with E-state index in [0.29, 0.717) is 19.1 Å². The fourth-order valence-corrected chi connectivity index (χ4v) is 6.00. The fraction of sp³-hybridized carbons (Fsp3) is 0.333. The van der Waals surface area contributed by atoms with Gasteiger partial charge in [-0.05, 0) is 42.0 Å². The van der Waals surface area contributed by atoms with E-state index in [1.54, 1.807) is 0 Å². The van der Waals surface area contributed by atoms with Crippen LogP contribution in [0, 0.1) is 5.92 Å². The van der Waals surface area contributed by atoms with E-state index in [1.165, 1.54) is 18.2 Å². The van der Waals surface area contributed by atoms with Crippen molar-refractivity contribution in [2.45, 2.75) is 28.0 Å². The molecule has 15 heteroatoms. The van der Waals surface area contributed by atoms with E-state index in [4.69, 9.17) is 34.8 Å². The predicted molar refractivity (Wildman–Crippen MR) is 134 cm³/mol. The molecule has 36 heavy (non-hydrogen) atoms. The summed E-state index contributed by atoms with van der Waals surface area (Å²) in [6, 6.07) is 6.08. The zero-order chi connectivity index (χ0) is 27.5. The summed E-state index contributed by atoms with van der Waals surface area (Å²) in [6.45, 7) is -0.337. The quantitative estimate of drug-likeness (QED) is 0.231. The van der Waals surface area contributed by atoms with Crippen LogP contribution in [0.1, 0.15) is 28.8 Å². The maximum absolute atomic E-state index is 14.0. The maximum atomic E-state index is 14.0. The Bertz CT molecular complexity index is 1260. The lowest BCUT2D eigenvalue weighted by Gasteiger charge is -2.46. The molecule has 1 saturated carbocycles. The number of carbonyl (C=O) groups excluding carboxylic acids is 2. The first-order chi connectivity index (χ1) is 16.0. The number of nitrogens with one attached hydrogen (secondary N) is 2. The average Bonchev–Trinajstić information content (AvgIpc) is 3.27. The molecule has 0 aromatic heterocycles. The van der Waals surface area contributed by atoms with Crippen LogP contribution in [0.15, 0.2) is 45.8 Å². The zero-order valence-electron chi connectivity index (χ0n) is 18.3. The molecular weight excluding hydrogens is 645 g/mol. The molecule has 0 spiro atoms. The van der Waals surface area contributed by atoms with Gasteiger partial charge in [0, 0.05) is 23.0 Å². The second kappa shape index (κ2) is 8.59. The van der Waals surface area contributed by atoms with Gasteiger partial charge in [-0.2, -0.15) is 0 Å². The highest BCUT2D eigenvalue weighted by Crippen LogP contribution is 2.98. The molecule has 1 fully saturated rings. The second-order valence-electron chi connectivity index (χ2n) is 8.77. The summed E-state index contributed by atoms with van der Waals surface area (Å²) >= 11 is 21.3. The topological polar surface area (TPSA) is 58.2 Å². The molecular formula is C21H18BrCl3F6N2O2S. The van der Waals surface area contributed by atoms with Crippen molar-refractivity contribution in [1.82, 2.24) is 5.32 Å². The van der Waals surface area contributed by atoms with Gasteiger partial charge in [-0.15, -0.1) is 38.7 Å². The van der Waals surface area contributed by atoms with Gasteiger partial charge in [0.1, 0.15) is 4.33 Å². The van der Waals surface area contributed by atoms with Crippen LogP contribution in [0.4, 0.5) is 30.0 Å². The van der Waals surface area contributed by atoms with Crippen molar-refractivity contribution in [2.24, 2.45) is 5.92 Å². The van der Waals surface area contributed by atoms with Gasteiger partial charge >= 0.3 is 0 Å². The van der Waals surface area contributed by atoms with Gasteiger partial charge in [0.05, 0.1) is 34.2 Å². The largest absolute Gasteiger partial charge is 0.346 e. The van der Waals surface area contributed by atoms with Crippen LogP contribution in [-0.2, 0) is 4.79 Å². The molecule has 200 valence electrons. The molecule has 0 radical (unpaired) electrons. The SMILES string of the molecule is CC(F)(F)CNC(=O)c1cc(NC(=O)C2C(c3cc(Br)cc(S(C)(F)(F)(F)F)c3)C2(Cl)Cl)ccc1Cl. The summed E-state index contributed by atoms with van der Waals surface area (Å²) in [6.07, 6.45) is -0.423. The number of benzene rings is 2. The van der Waals surface area contributed by atoms with E-state index >= 15 is 0 Å². The minimum atomic E-state index is -8.55. The Labute approximate surface area is 225 Å². The van der Waals surface area contributed by atoms with Crippen molar-refractivity contribution in [1.29, 1.82) is 0 Å². The van der Waals surface area contributed by atoms with Crippen LogP contribution in [0.2, 0.25) is 5.02 Å². The molecule has 0 aliphatic heterocycles. The molecule has 0 bridgehead atoms. The highest BCUT2D eigenvalue weighted by atomic mass is 79.9. The van der Waals surface area contributed by atoms with Crippen molar-refractivity contribution in [3.8, 4) is 0 Å². The number of amides is 2. The monoisotopic (exact) mass is 660 g/mol. The van der Waals surface area contributed by atoms with Crippen LogP contribution in [0.3, 0.4) is 0 Å². The van der Waals surface area contributed by atoms with Crippen molar-refractivity contribution in [3.05, 3.63) is 57.0 Å². The summed E-state index contributed by atoms with van der Waals surface area (Å²) in [5, 5.41) is 4.37. The van der Waals surface area contributed by atoms with Gasteiger partial charge in [-0.3, -0.25) is 9.59 Å². The molecule has 2 atom stereocenters. The van der Waals surface area contributed by atoms with Crippen LogP contribution in [0.5, 0.6) is 0 Å². The Hall–Kier alpha value is -1.34. The Kier molecular flexibility index (Phi) is 6.97. The third-order valence-corrected chi connectivity index (χ3v) is 8.37. The van der Waals surface area contributed by atoms with E-state index in [2.05, 4.69) is 21.2 Å². The fourth-order valence-electron chi connectivity index (χ4n) is 3.46. The van der Waals surface area contributed by atoms with Gasteiger partial charge in [-0.1, -0.05) is 27.5 Å². The number of hydrogen-bond acceptors (Lipinski definition) is 2. The number of rotatable bonds is 7. The normalized spacial score (nSPS) is 21.2. The Morgan fingerprint density at radius 1 is 1.11 bits per heavy atom. The molecule has 2 aromatic rings. The summed E-state index contributed by atoms with van der Waals surface area (Å²) in [7, 11) is -8.55. The van der Waals surface area contributed by atoms with Crippen molar-refractivity contribution in [2.75, 3.05) is 18.1 Å². The average molecular weight is 663 g/mol. The third kappa shape index (κ3) is 6.75. The van der Waals surface area contributed by atoms with Gasteiger partial charge in [0.25, 0.3) is 11.8 Å². The molecule has 0 saturated heterocycles. The van der Waals surface area contributed by atoms with Crippen LogP contribution >= 0.6 is 60.6 Å². The summed E-state index contributed by atoms with van der Waals surface area (Å²) in [5.74, 6) is -7.23. The standard InChI is InChI=1S/C21H18BrCl3F6N2O2S/c1-20(26,27)9-32-18(34)14-8-12(3-4-15(14)23)33-19(35)17-16(21(17,24)25)10-5-11(22)7-13(6-10)36(2,28,29,30)31/h3-8,16-17H,9H2,1-2H3,(H,32,34)(H,33,35). The minimum absolute atomic E-state index is 0.0272. The molecule has 2 unspecified atom stereocenters. The molecule has 1 aliphatic rings. The van der Waals surface area contributed by atoms with Crippen molar-refractivity contribution < 1.29 is 33.9 Å². The van der Waals surface area contributed by atoms with Crippen LogP contribution < -0.4 is 10.6 Å². The third-order valence-electron chi connectivity index (χ3n) is 5.22. The molecule has 2 N–H and O–H groups in total. The molecule has 3 rings (SSSR count). The second-order valence-corrected chi connectivity index (χ2v) is 15.0. The Balaban J connectivity index is 1.84. The highest BCUT2D eigenvalue weighted by molar-refractivity contribution is 9.10. The van der Waals surface area contributed by atoms with Crippen molar-refractivity contribution >= 4 is 78.1 Å². The molecule has 2 aromatic carbocycles. The van der Waals surface area contributed by atoms with E-state index in [-0.39, 0.29) is 26.3 Å². The first-order valence-electron chi connectivity index (χ1n) is 9.94. The Morgan fingerprint density at radius 2 is 1.72 bits per heavy atom. The molecule has 2 amide bonds. The van der Waals surface area contributed by atoms with Gasteiger partial charge < -0.3 is 10.6 Å².